The minimum absolute atomic E-state index is 1.32. The quantitative estimate of drug-likeness (QED) is 0.272. The third kappa shape index (κ3) is 1.63. The molecule has 0 saturated heterocycles. The molecule has 1 aromatic heterocycles. The highest BCUT2D eigenvalue weighted by atomic mass is 32.1. The van der Waals surface area contributed by atoms with E-state index in [0.29, 0.717) is 0 Å². The highest BCUT2D eigenvalue weighted by molar-refractivity contribution is 7.16. The van der Waals surface area contributed by atoms with Crippen molar-refractivity contribution in [3.63, 3.8) is 0 Å². The number of fused-ring (bicyclic) bond motifs is 6. The van der Waals surface area contributed by atoms with Crippen molar-refractivity contribution in [3.05, 3.63) is 83.7 Å². The standard InChI is InChI=1S/C27H16S/c1-15-23-21-13-11-19-17-9-5-6-10-18(17)20-12-14-22(25(21)24(19)20)26(23)27(28-15)16-7-3-2-4-8-16/h2-14H,1H3. The molecule has 5 aromatic rings. The zero-order valence-electron chi connectivity index (χ0n) is 15.4. The van der Waals surface area contributed by atoms with Gasteiger partial charge in [-0.05, 0) is 56.6 Å². The summed E-state index contributed by atoms with van der Waals surface area (Å²) in [5.41, 5.74) is 12.5. The fourth-order valence-corrected chi connectivity index (χ4v) is 6.42. The maximum atomic E-state index is 2.36. The Labute approximate surface area is 167 Å². The van der Waals surface area contributed by atoms with Crippen molar-refractivity contribution in [1.29, 1.82) is 0 Å². The molecule has 0 amide bonds. The third-order valence-electron chi connectivity index (χ3n) is 6.33. The zero-order valence-corrected chi connectivity index (χ0v) is 16.2. The van der Waals surface area contributed by atoms with Gasteiger partial charge in [0.2, 0.25) is 0 Å². The molecule has 0 saturated carbocycles. The van der Waals surface area contributed by atoms with E-state index in [1.807, 2.05) is 11.3 Å². The predicted octanol–water partition coefficient (Wildman–Crippen LogP) is 8.17. The molecule has 0 fully saturated rings. The van der Waals surface area contributed by atoms with Crippen LogP contribution in [0.4, 0.5) is 0 Å². The average Bonchev–Trinajstić information content (AvgIpc) is 3.37. The van der Waals surface area contributed by atoms with E-state index in [1.54, 1.807) is 0 Å². The highest BCUT2D eigenvalue weighted by Gasteiger charge is 2.32. The van der Waals surface area contributed by atoms with Crippen LogP contribution < -0.4 is 0 Å². The van der Waals surface area contributed by atoms with Gasteiger partial charge in [0.25, 0.3) is 0 Å². The lowest BCUT2D eigenvalue weighted by atomic mass is 9.97. The smallest absolute Gasteiger partial charge is 0.0430 e. The van der Waals surface area contributed by atoms with Crippen LogP contribution in [-0.2, 0) is 0 Å². The molecule has 4 aromatic carbocycles. The second kappa shape index (κ2) is 5.01. The van der Waals surface area contributed by atoms with Crippen LogP contribution in [0, 0.1) is 6.92 Å². The largest absolute Gasteiger partial charge is 0.139 e. The van der Waals surface area contributed by atoms with Gasteiger partial charge in [0.15, 0.2) is 0 Å². The van der Waals surface area contributed by atoms with Crippen LogP contribution in [-0.4, -0.2) is 0 Å². The van der Waals surface area contributed by atoms with E-state index in [2.05, 4.69) is 85.8 Å². The summed E-state index contributed by atoms with van der Waals surface area (Å²) < 4.78 is 0. The molecule has 130 valence electrons. The van der Waals surface area contributed by atoms with Crippen LogP contribution in [0.1, 0.15) is 4.88 Å². The molecule has 28 heavy (non-hydrogen) atoms. The van der Waals surface area contributed by atoms with Crippen molar-refractivity contribution in [1.82, 2.24) is 0 Å². The molecule has 0 unspecified atom stereocenters. The topological polar surface area (TPSA) is 0 Å². The van der Waals surface area contributed by atoms with Gasteiger partial charge in [0, 0.05) is 20.9 Å². The second-order valence-corrected chi connectivity index (χ2v) is 8.95. The molecule has 2 aliphatic carbocycles. The maximum absolute atomic E-state index is 2.36. The van der Waals surface area contributed by atoms with E-state index < -0.39 is 0 Å². The summed E-state index contributed by atoms with van der Waals surface area (Å²) in [5, 5.41) is 2.89. The van der Waals surface area contributed by atoms with Gasteiger partial charge >= 0.3 is 0 Å². The van der Waals surface area contributed by atoms with Crippen molar-refractivity contribution in [2.75, 3.05) is 0 Å². The molecule has 1 heteroatoms. The average molecular weight is 372 g/mol. The molecule has 0 bridgehead atoms. The number of aryl methyl sites for hydroxylation is 1. The Morgan fingerprint density at radius 3 is 1.71 bits per heavy atom. The van der Waals surface area contributed by atoms with Gasteiger partial charge in [-0.1, -0.05) is 78.9 Å². The molecule has 0 nitrogen and oxygen atoms in total. The molecular formula is C27H16S. The first-order chi connectivity index (χ1) is 13.8. The van der Waals surface area contributed by atoms with Crippen LogP contribution in [0.2, 0.25) is 0 Å². The van der Waals surface area contributed by atoms with Gasteiger partial charge in [-0.15, -0.1) is 11.3 Å². The molecule has 0 atom stereocenters. The van der Waals surface area contributed by atoms with Crippen LogP contribution in [0.3, 0.4) is 0 Å². The number of thiophene rings is 1. The van der Waals surface area contributed by atoms with E-state index in [0.717, 1.165) is 0 Å². The van der Waals surface area contributed by atoms with Crippen LogP contribution >= 0.6 is 11.3 Å². The van der Waals surface area contributed by atoms with Gasteiger partial charge in [-0.3, -0.25) is 0 Å². The van der Waals surface area contributed by atoms with Crippen LogP contribution in [0.25, 0.3) is 65.7 Å². The van der Waals surface area contributed by atoms with Crippen LogP contribution in [0.5, 0.6) is 0 Å². The minimum atomic E-state index is 1.32. The fraction of sp³-hybridized carbons (Fsp3) is 0.0370. The fourth-order valence-electron chi connectivity index (χ4n) is 5.23. The summed E-state index contributed by atoms with van der Waals surface area (Å²) in [6.45, 7) is 2.27. The summed E-state index contributed by atoms with van der Waals surface area (Å²) in [6.07, 6.45) is 0. The molecule has 0 spiro atoms. The number of hydrogen-bond acceptors (Lipinski definition) is 1. The lowest BCUT2D eigenvalue weighted by molar-refractivity contribution is 1.63. The predicted molar refractivity (Wildman–Crippen MR) is 121 cm³/mol. The first-order valence-corrected chi connectivity index (χ1v) is 10.5. The third-order valence-corrected chi connectivity index (χ3v) is 7.48. The van der Waals surface area contributed by atoms with Crippen molar-refractivity contribution < 1.29 is 0 Å². The molecule has 0 N–H and O–H groups in total. The maximum Gasteiger partial charge on any atom is 0.0430 e. The van der Waals surface area contributed by atoms with Crippen molar-refractivity contribution in [2.45, 2.75) is 6.92 Å². The Hall–Kier alpha value is -3.16. The lowest BCUT2D eigenvalue weighted by Crippen LogP contribution is -1.80. The summed E-state index contributed by atoms with van der Waals surface area (Å²) in [5.74, 6) is 0. The van der Waals surface area contributed by atoms with E-state index in [-0.39, 0.29) is 0 Å². The lowest BCUT2D eigenvalue weighted by Gasteiger charge is -2.08. The highest BCUT2D eigenvalue weighted by Crippen LogP contribution is 2.60. The molecule has 2 aliphatic rings. The van der Waals surface area contributed by atoms with Gasteiger partial charge in [0.1, 0.15) is 0 Å². The van der Waals surface area contributed by atoms with E-state index >= 15 is 0 Å². The SMILES string of the molecule is Cc1sc(-c2ccccc2)c2c1-c1ccc3c4c(ccc-2c14)-c1ccccc1-3. The number of hydrogen-bond donors (Lipinski definition) is 0. The zero-order chi connectivity index (χ0) is 18.4. The first-order valence-electron chi connectivity index (χ1n) is 9.72. The Morgan fingerprint density at radius 1 is 0.500 bits per heavy atom. The Balaban J connectivity index is 1.63. The Morgan fingerprint density at radius 2 is 1.04 bits per heavy atom. The summed E-state index contributed by atoms with van der Waals surface area (Å²) >= 11 is 1.93. The van der Waals surface area contributed by atoms with Gasteiger partial charge in [-0.25, -0.2) is 0 Å². The normalized spacial score (nSPS) is 12.5. The molecule has 7 rings (SSSR count). The monoisotopic (exact) mass is 372 g/mol. The minimum Gasteiger partial charge on any atom is -0.139 e. The van der Waals surface area contributed by atoms with Crippen molar-refractivity contribution >= 4 is 22.1 Å². The first kappa shape index (κ1) is 14.8. The summed E-state index contributed by atoms with van der Waals surface area (Å²) in [7, 11) is 0. The van der Waals surface area contributed by atoms with Gasteiger partial charge < -0.3 is 0 Å². The van der Waals surface area contributed by atoms with Crippen LogP contribution in [0.15, 0.2) is 78.9 Å². The Kier molecular flexibility index (Phi) is 2.65. The van der Waals surface area contributed by atoms with Gasteiger partial charge in [0.05, 0.1) is 0 Å². The number of rotatable bonds is 1. The van der Waals surface area contributed by atoms with E-state index in [9.17, 15) is 0 Å². The van der Waals surface area contributed by atoms with Crippen molar-refractivity contribution in [2.24, 2.45) is 0 Å². The van der Waals surface area contributed by atoms with E-state index in [4.69, 9.17) is 0 Å². The molecular weight excluding hydrogens is 356 g/mol. The Bertz CT molecular complexity index is 1420. The van der Waals surface area contributed by atoms with Crippen molar-refractivity contribution in [3.8, 4) is 54.9 Å². The molecule has 0 radical (unpaired) electrons. The van der Waals surface area contributed by atoms with Gasteiger partial charge in [-0.2, -0.15) is 0 Å². The number of benzene rings is 4. The summed E-state index contributed by atoms with van der Waals surface area (Å²) in [6, 6.07) is 29.1. The second-order valence-electron chi connectivity index (χ2n) is 7.72. The molecule has 1 heterocycles. The molecule has 0 aliphatic heterocycles. The van der Waals surface area contributed by atoms with E-state index in [1.165, 1.54) is 70.6 Å². The summed E-state index contributed by atoms with van der Waals surface area (Å²) in [4.78, 5) is 2.81.